The molecular formula is C22H21ClN6O2. The lowest BCUT2D eigenvalue weighted by Gasteiger charge is -2.10. The van der Waals surface area contributed by atoms with E-state index in [0.29, 0.717) is 29.1 Å². The van der Waals surface area contributed by atoms with Crippen LogP contribution >= 0.6 is 11.6 Å². The molecule has 3 heterocycles. The Kier molecular flexibility index (Phi) is 6.11. The van der Waals surface area contributed by atoms with Crippen LogP contribution in [0.25, 0.3) is 17.1 Å². The number of benzene rings is 1. The first kappa shape index (κ1) is 20.8. The molecule has 0 atom stereocenters. The van der Waals surface area contributed by atoms with E-state index >= 15 is 0 Å². The first-order valence-corrected chi connectivity index (χ1v) is 10.0. The number of rotatable bonds is 7. The molecule has 158 valence electrons. The summed E-state index contributed by atoms with van der Waals surface area (Å²) in [5.74, 6) is 0.963. The Hall–Kier alpha value is -3.49. The van der Waals surface area contributed by atoms with E-state index in [1.807, 2.05) is 50.4 Å². The van der Waals surface area contributed by atoms with E-state index in [-0.39, 0.29) is 12.3 Å². The van der Waals surface area contributed by atoms with Crippen LogP contribution in [0.2, 0.25) is 5.02 Å². The van der Waals surface area contributed by atoms with E-state index < -0.39 is 0 Å². The molecule has 31 heavy (non-hydrogen) atoms. The molecule has 8 nitrogen and oxygen atoms in total. The Balaban J connectivity index is 1.46. The molecule has 1 aromatic carbocycles. The number of nitrogens with zero attached hydrogens (tertiary/aromatic N) is 5. The highest BCUT2D eigenvalue weighted by Crippen LogP contribution is 2.19. The van der Waals surface area contributed by atoms with Crippen LogP contribution in [0.3, 0.4) is 0 Å². The molecule has 0 bridgehead atoms. The molecular weight excluding hydrogens is 416 g/mol. The van der Waals surface area contributed by atoms with Crippen molar-refractivity contribution in [2.75, 3.05) is 12.0 Å². The Bertz CT molecular complexity index is 1270. The molecule has 1 N–H and O–H groups in total. The maximum absolute atomic E-state index is 12.3. The van der Waals surface area contributed by atoms with Crippen molar-refractivity contribution in [1.29, 1.82) is 0 Å². The normalized spacial score (nSPS) is 10.9. The summed E-state index contributed by atoms with van der Waals surface area (Å²) in [6.07, 6.45) is 3.32. The third kappa shape index (κ3) is 4.82. The SMILES string of the molecule is Cc1cc(=O)n(-c2cc(-c3ccnc(NCOCc4cccc(Cl)c4)n3)ccn2)n1C. The van der Waals surface area contributed by atoms with Gasteiger partial charge in [0.2, 0.25) is 5.95 Å². The van der Waals surface area contributed by atoms with Gasteiger partial charge in [-0.1, -0.05) is 23.7 Å². The lowest BCUT2D eigenvalue weighted by atomic mass is 10.2. The summed E-state index contributed by atoms with van der Waals surface area (Å²) in [5.41, 5.74) is 3.23. The smallest absolute Gasteiger partial charge is 0.273 e. The molecule has 3 aromatic heterocycles. The lowest BCUT2D eigenvalue weighted by Crippen LogP contribution is -2.20. The third-order valence-corrected chi connectivity index (χ3v) is 4.99. The number of halogens is 1. The number of nitrogens with one attached hydrogen (secondary N) is 1. The minimum absolute atomic E-state index is 0.133. The molecule has 9 heteroatoms. The van der Waals surface area contributed by atoms with Gasteiger partial charge in [0.05, 0.1) is 12.3 Å². The largest absolute Gasteiger partial charge is 0.357 e. The van der Waals surface area contributed by atoms with Gasteiger partial charge in [-0.3, -0.25) is 9.48 Å². The highest BCUT2D eigenvalue weighted by Gasteiger charge is 2.10. The molecule has 0 amide bonds. The fraction of sp³-hybridized carbons (Fsp3) is 0.182. The van der Waals surface area contributed by atoms with Crippen LogP contribution in [0.4, 0.5) is 5.95 Å². The number of ether oxygens (including phenoxy) is 1. The molecule has 0 saturated heterocycles. The number of pyridine rings is 1. The second kappa shape index (κ2) is 9.11. The fourth-order valence-corrected chi connectivity index (χ4v) is 3.33. The lowest BCUT2D eigenvalue weighted by molar-refractivity contribution is 0.138. The second-order valence-corrected chi connectivity index (χ2v) is 7.36. The molecule has 0 aliphatic heterocycles. The van der Waals surface area contributed by atoms with Crippen LogP contribution in [0, 0.1) is 6.92 Å². The summed E-state index contributed by atoms with van der Waals surface area (Å²) >= 11 is 5.98. The topological polar surface area (TPSA) is 86.9 Å². The van der Waals surface area contributed by atoms with Crippen LogP contribution in [0.15, 0.2) is 65.7 Å². The zero-order valence-electron chi connectivity index (χ0n) is 17.1. The van der Waals surface area contributed by atoms with Gasteiger partial charge in [0.25, 0.3) is 5.56 Å². The van der Waals surface area contributed by atoms with Gasteiger partial charge in [-0.25, -0.2) is 15.0 Å². The molecule has 0 radical (unpaired) electrons. The monoisotopic (exact) mass is 436 g/mol. The summed E-state index contributed by atoms with van der Waals surface area (Å²) in [7, 11) is 1.82. The predicted molar refractivity (Wildman–Crippen MR) is 119 cm³/mol. The van der Waals surface area contributed by atoms with Gasteiger partial charge in [-0.2, -0.15) is 4.68 Å². The maximum Gasteiger partial charge on any atom is 0.273 e. The van der Waals surface area contributed by atoms with E-state index in [4.69, 9.17) is 16.3 Å². The quantitative estimate of drug-likeness (QED) is 0.352. The van der Waals surface area contributed by atoms with Crippen LogP contribution < -0.4 is 10.9 Å². The number of anilines is 1. The van der Waals surface area contributed by atoms with Gasteiger partial charge in [-0.15, -0.1) is 0 Å². The van der Waals surface area contributed by atoms with Crippen molar-refractivity contribution in [3.05, 3.63) is 87.6 Å². The summed E-state index contributed by atoms with van der Waals surface area (Å²) in [4.78, 5) is 25.4. The maximum atomic E-state index is 12.3. The molecule has 0 spiro atoms. The number of hydrogen-bond acceptors (Lipinski definition) is 6. The molecule has 0 fully saturated rings. The van der Waals surface area contributed by atoms with E-state index in [2.05, 4.69) is 20.3 Å². The highest BCUT2D eigenvalue weighted by molar-refractivity contribution is 6.30. The highest BCUT2D eigenvalue weighted by atomic mass is 35.5. The standard InChI is InChI=1S/C22H21ClN6O2/c1-15-10-21(30)29(28(15)2)20-12-17(6-8-24-20)19-7-9-25-22(27-19)26-14-31-13-16-4-3-5-18(23)11-16/h3-12H,13-14H2,1-2H3,(H,25,26,27). The van der Waals surface area contributed by atoms with Crippen molar-refractivity contribution < 1.29 is 4.74 Å². The third-order valence-electron chi connectivity index (χ3n) is 4.76. The summed E-state index contributed by atoms with van der Waals surface area (Å²) < 4.78 is 8.91. The molecule has 0 saturated carbocycles. The Morgan fingerprint density at radius 1 is 1.10 bits per heavy atom. The Morgan fingerprint density at radius 2 is 1.94 bits per heavy atom. The summed E-state index contributed by atoms with van der Waals surface area (Å²) in [5, 5.41) is 3.73. The van der Waals surface area contributed by atoms with Gasteiger partial charge in [-0.05, 0) is 42.8 Å². The fourth-order valence-electron chi connectivity index (χ4n) is 3.11. The second-order valence-electron chi connectivity index (χ2n) is 6.93. The van der Waals surface area contributed by atoms with Gasteiger partial charge in [0.15, 0.2) is 5.82 Å². The Morgan fingerprint density at radius 3 is 2.71 bits per heavy atom. The average Bonchev–Trinajstić information content (AvgIpc) is 3.03. The minimum atomic E-state index is -0.133. The van der Waals surface area contributed by atoms with Crippen molar-refractivity contribution in [2.24, 2.45) is 7.05 Å². The molecule has 0 unspecified atom stereocenters. The van der Waals surface area contributed by atoms with Crippen molar-refractivity contribution in [2.45, 2.75) is 13.5 Å². The first-order chi connectivity index (χ1) is 15.0. The zero-order chi connectivity index (χ0) is 21.8. The summed E-state index contributed by atoms with van der Waals surface area (Å²) in [6.45, 7) is 2.54. The van der Waals surface area contributed by atoms with Crippen LogP contribution in [-0.4, -0.2) is 31.0 Å². The van der Waals surface area contributed by atoms with Gasteiger partial charge in [0, 0.05) is 41.8 Å². The van der Waals surface area contributed by atoms with Crippen molar-refractivity contribution in [1.82, 2.24) is 24.3 Å². The van der Waals surface area contributed by atoms with Crippen molar-refractivity contribution >= 4 is 17.5 Å². The average molecular weight is 437 g/mol. The predicted octanol–water partition coefficient (Wildman–Crippen LogP) is 3.58. The minimum Gasteiger partial charge on any atom is -0.357 e. The Labute approximate surface area is 184 Å². The van der Waals surface area contributed by atoms with Crippen LogP contribution in [0.5, 0.6) is 0 Å². The number of aromatic nitrogens is 5. The van der Waals surface area contributed by atoms with E-state index in [1.54, 1.807) is 29.2 Å². The van der Waals surface area contributed by atoms with E-state index in [0.717, 1.165) is 16.8 Å². The van der Waals surface area contributed by atoms with Crippen LogP contribution in [0.1, 0.15) is 11.3 Å². The van der Waals surface area contributed by atoms with Crippen molar-refractivity contribution in [3.63, 3.8) is 0 Å². The number of hydrogen-bond donors (Lipinski definition) is 1. The molecule has 4 rings (SSSR count). The van der Waals surface area contributed by atoms with Gasteiger partial charge < -0.3 is 10.1 Å². The zero-order valence-corrected chi connectivity index (χ0v) is 17.9. The molecule has 4 aromatic rings. The van der Waals surface area contributed by atoms with Gasteiger partial charge >= 0.3 is 0 Å². The molecule has 0 aliphatic rings. The van der Waals surface area contributed by atoms with E-state index in [9.17, 15) is 4.79 Å². The van der Waals surface area contributed by atoms with Crippen LogP contribution in [-0.2, 0) is 18.4 Å². The number of aryl methyl sites for hydroxylation is 1. The van der Waals surface area contributed by atoms with Gasteiger partial charge in [0.1, 0.15) is 6.73 Å². The molecule has 0 aliphatic carbocycles. The summed E-state index contributed by atoms with van der Waals surface area (Å²) in [6, 6.07) is 14.6. The van der Waals surface area contributed by atoms with E-state index in [1.165, 1.54) is 4.68 Å². The van der Waals surface area contributed by atoms with Crippen molar-refractivity contribution in [3.8, 4) is 17.1 Å². The first-order valence-electron chi connectivity index (χ1n) is 9.63.